The molecule has 0 spiro atoms. The third-order valence-electron chi connectivity index (χ3n) is 4.29. The van der Waals surface area contributed by atoms with Gasteiger partial charge in [-0.2, -0.15) is 4.31 Å². The Morgan fingerprint density at radius 1 is 1.12 bits per heavy atom. The van der Waals surface area contributed by atoms with Gasteiger partial charge in [0.25, 0.3) is 5.91 Å². The maximum atomic E-state index is 12.9. The van der Waals surface area contributed by atoms with Crippen LogP contribution in [0.4, 0.5) is 0 Å². The number of halogens is 2. The molecular formula is C16H17Cl2N3O4S. The zero-order chi connectivity index (χ0) is 19.1. The maximum Gasteiger partial charge on any atom is 0.259 e. The average Bonchev–Trinajstić information content (AvgIpc) is 2.92. The van der Waals surface area contributed by atoms with E-state index < -0.39 is 10.0 Å². The quantitative estimate of drug-likeness (QED) is 0.766. The molecular weight excluding hydrogens is 401 g/mol. The van der Waals surface area contributed by atoms with Gasteiger partial charge in [0.2, 0.25) is 10.0 Å². The molecule has 10 heteroatoms. The minimum Gasteiger partial charge on any atom is -0.361 e. The van der Waals surface area contributed by atoms with Gasteiger partial charge < -0.3 is 9.42 Å². The van der Waals surface area contributed by atoms with Crippen molar-refractivity contribution in [3.05, 3.63) is 45.3 Å². The second kappa shape index (κ2) is 7.19. The summed E-state index contributed by atoms with van der Waals surface area (Å²) in [5.41, 5.74) is 0.945. The Balaban J connectivity index is 1.77. The number of aryl methyl sites for hydroxylation is 2. The third kappa shape index (κ3) is 3.34. The summed E-state index contributed by atoms with van der Waals surface area (Å²) in [4.78, 5) is 14.1. The Morgan fingerprint density at radius 2 is 1.69 bits per heavy atom. The molecule has 2 heterocycles. The molecule has 1 saturated heterocycles. The molecule has 26 heavy (non-hydrogen) atoms. The lowest BCUT2D eigenvalue weighted by Gasteiger charge is -2.34. The largest absolute Gasteiger partial charge is 0.361 e. The number of rotatable bonds is 3. The van der Waals surface area contributed by atoms with Crippen LogP contribution < -0.4 is 0 Å². The lowest BCUT2D eigenvalue weighted by atomic mass is 10.1. The standard InChI is InChI=1S/C16H17Cl2N3O4S/c1-10-14(11(2)25-19-10)16(22)20-6-8-21(9-7-20)26(23,24)15-12(17)4-3-5-13(15)18/h3-5H,6-9H2,1-2H3. The summed E-state index contributed by atoms with van der Waals surface area (Å²) in [5, 5.41) is 3.94. The van der Waals surface area contributed by atoms with Crippen LogP contribution in [-0.4, -0.2) is 54.9 Å². The van der Waals surface area contributed by atoms with E-state index >= 15 is 0 Å². The van der Waals surface area contributed by atoms with Gasteiger partial charge in [0.05, 0.1) is 15.7 Å². The number of amides is 1. The molecule has 1 amide bonds. The number of carbonyl (C=O) groups excluding carboxylic acids is 1. The molecule has 1 aliphatic rings. The predicted molar refractivity (Wildman–Crippen MR) is 97.1 cm³/mol. The van der Waals surface area contributed by atoms with Gasteiger partial charge in [-0.15, -0.1) is 0 Å². The van der Waals surface area contributed by atoms with E-state index in [1.807, 2.05) is 0 Å². The van der Waals surface area contributed by atoms with E-state index in [1.54, 1.807) is 24.8 Å². The Labute approximate surface area is 161 Å². The van der Waals surface area contributed by atoms with E-state index in [4.69, 9.17) is 27.7 Å². The van der Waals surface area contributed by atoms with Crippen molar-refractivity contribution >= 4 is 39.1 Å². The minimum absolute atomic E-state index is 0.0757. The molecule has 1 aliphatic heterocycles. The van der Waals surface area contributed by atoms with Crippen molar-refractivity contribution in [1.82, 2.24) is 14.4 Å². The summed E-state index contributed by atoms with van der Waals surface area (Å²) < 4.78 is 32.1. The van der Waals surface area contributed by atoms with Crippen LogP contribution in [0.25, 0.3) is 0 Å². The minimum atomic E-state index is -3.84. The van der Waals surface area contributed by atoms with Crippen LogP contribution in [0.1, 0.15) is 21.8 Å². The second-order valence-electron chi connectivity index (χ2n) is 5.95. The zero-order valence-corrected chi connectivity index (χ0v) is 16.5. The smallest absolute Gasteiger partial charge is 0.259 e. The fourth-order valence-corrected chi connectivity index (χ4v) is 5.45. The molecule has 0 saturated carbocycles. The predicted octanol–water partition coefficient (Wildman–Crippen LogP) is 2.74. The van der Waals surface area contributed by atoms with Crippen molar-refractivity contribution in [3.63, 3.8) is 0 Å². The van der Waals surface area contributed by atoms with Crippen LogP contribution in [0.5, 0.6) is 0 Å². The molecule has 1 aromatic carbocycles. The van der Waals surface area contributed by atoms with Crippen LogP contribution >= 0.6 is 23.2 Å². The number of benzene rings is 1. The van der Waals surface area contributed by atoms with Crippen molar-refractivity contribution in [2.75, 3.05) is 26.2 Å². The summed E-state index contributed by atoms with van der Waals surface area (Å²) in [7, 11) is -3.84. The molecule has 0 aliphatic carbocycles. The Bertz CT molecular complexity index is 911. The van der Waals surface area contributed by atoms with Gasteiger partial charge in [-0.25, -0.2) is 8.42 Å². The highest BCUT2D eigenvalue weighted by Crippen LogP contribution is 2.32. The molecule has 1 aromatic heterocycles. The Kier molecular flexibility index (Phi) is 5.30. The van der Waals surface area contributed by atoms with E-state index in [-0.39, 0.29) is 47.0 Å². The van der Waals surface area contributed by atoms with Crippen molar-refractivity contribution in [2.45, 2.75) is 18.7 Å². The number of aromatic nitrogens is 1. The van der Waals surface area contributed by atoms with Crippen molar-refractivity contribution in [3.8, 4) is 0 Å². The first-order chi connectivity index (χ1) is 12.2. The Morgan fingerprint density at radius 3 is 2.19 bits per heavy atom. The topological polar surface area (TPSA) is 83.7 Å². The van der Waals surface area contributed by atoms with Crippen molar-refractivity contribution < 1.29 is 17.7 Å². The van der Waals surface area contributed by atoms with Gasteiger partial charge in [-0.05, 0) is 26.0 Å². The normalized spacial score (nSPS) is 16.1. The highest BCUT2D eigenvalue weighted by atomic mass is 35.5. The van der Waals surface area contributed by atoms with Crippen molar-refractivity contribution in [2.24, 2.45) is 0 Å². The number of sulfonamides is 1. The van der Waals surface area contributed by atoms with Crippen molar-refractivity contribution in [1.29, 1.82) is 0 Å². The summed E-state index contributed by atoms with van der Waals surface area (Å²) in [6, 6.07) is 4.55. The van der Waals surface area contributed by atoms with E-state index in [0.29, 0.717) is 17.0 Å². The molecule has 0 N–H and O–H groups in total. The van der Waals surface area contributed by atoms with Gasteiger partial charge >= 0.3 is 0 Å². The summed E-state index contributed by atoms with van der Waals surface area (Å²) in [6.07, 6.45) is 0. The summed E-state index contributed by atoms with van der Waals surface area (Å²) in [6.45, 7) is 4.18. The average molecular weight is 418 g/mol. The molecule has 7 nitrogen and oxygen atoms in total. The number of hydrogen-bond donors (Lipinski definition) is 0. The molecule has 3 rings (SSSR count). The van der Waals surface area contributed by atoms with Crippen LogP contribution in [-0.2, 0) is 10.0 Å². The summed E-state index contributed by atoms with van der Waals surface area (Å²) >= 11 is 12.1. The molecule has 140 valence electrons. The molecule has 0 atom stereocenters. The van der Waals surface area contributed by atoms with E-state index in [0.717, 1.165) is 0 Å². The summed E-state index contributed by atoms with van der Waals surface area (Å²) in [5.74, 6) is 0.236. The van der Waals surface area contributed by atoms with E-state index in [2.05, 4.69) is 5.16 Å². The second-order valence-corrected chi connectivity index (χ2v) is 8.64. The number of nitrogens with zero attached hydrogens (tertiary/aromatic N) is 3. The molecule has 0 bridgehead atoms. The number of carbonyl (C=O) groups is 1. The van der Waals surface area contributed by atoms with Gasteiger partial charge in [0.15, 0.2) is 0 Å². The highest BCUT2D eigenvalue weighted by Gasteiger charge is 2.34. The van der Waals surface area contributed by atoms with Gasteiger partial charge in [0.1, 0.15) is 16.2 Å². The van der Waals surface area contributed by atoms with E-state index in [1.165, 1.54) is 16.4 Å². The Hall–Kier alpha value is -1.61. The first kappa shape index (κ1) is 19.2. The lowest BCUT2D eigenvalue weighted by molar-refractivity contribution is 0.0695. The third-order valence-corrected chi connectivity index (χ3v) is 7.14. The van der Waals surface area contributed by atoms with Crippen LogP contribution in [0.3, 0.4) is 0 Å². The SMILES string of the molecule is Cc1noc(C)c1C(=O)N1CCN(S(=O)(=O)c2c(Cl)cccc2Cl)CC1. The van der Waals surface area contributed by atoms with Crippen LogP contribution in [0, 0.1) is 13.8 Å². The molecule has 2 aromatic rings. The highest BCUT2D eigenvalue weighted by molar-refractivity contribution is 7.89. The van der Waals surface area contributed by atoms with E-state index in [9.17, 15) is 13.2 Å². The van der Waals surface area contributed by atoms with Crippen LogP contribution in [0.15, 0.2) is 27.6 Å². The number of hydrogen-bond acceptors (Lipinski definition) is 5. The van der Waals surface area contributed by atoms with Gasteiger partial charge in [-0.3, -0.25) is 4.79 Å². The first-order valence-corrected chi connectivity index (χ1v) is 10.1. The zero-order valence-electron chi connectivity index (χ0n) is 14.2. The van der Waals surface area contributed by atoms with Crippen LogP contribution in [0.2, 0.25) is 10.0 Å². The number of piperazine rings is 1. The van der Waals surface area contributed by atoms with Gasteiger partial charge in [0, 0.05) is 26.2 Å². The monoisotopic (exact) mass is 417 g/mol. The lowest BCUT2D eigenvalue weighted by Crippen LogP contribution is -2.50. The fraction of sp³-hybridized carbons (Fsp3) is 0.375. The first-order valence-electron chi connectivity index (χ1n) is 7.89. The fourth-order valence-electron chi connectivity index (χ4n) is 2.94. The van der Waals surface area contributed by atoms with Gasteiger partial charge in [-0.1, -0.05) is 34.4 Å². The molecule has 0 radical (unpaired) electrons. The molecule has 0 unspecified atom stereocenters. The maximum absolute atomic E-state index is 12.9. The molecule has 1 fully saturated rings.